The Morgan fingerprint density at radius 3 is 2.50 bits per heavy atom. The molecule has 0 unspecified atom stereocenters. The van der Waals surface area contributed by atoms with Crippen molar-refractivity contribution in [2.24, 2.45) is 0 Å². The first-order valence-corrected chi connectivity index (χ1v) is 18.9. The molecule has 0 aliphatic carbocycles. The van der Waals surface area contributed by atoms with Gasteiger partial charge in [-0.25, -0.2) is 9.48 Å². The second-order valence-electron chi connectivity index (χ2n) is 11.6. The van der Waals surface area contributed by atoms with Gasteiger partial charge in [-0.3, -0.25) is 9.72 Å². The highest BCUT2D eigenvalue weighted by molar-refractivity contribution is 7.99. The summed E-state index contributed by atoms with van der Waals surface area (Å²) in [5.74, 6) is 2.10. The van der Waals surface area contributed by atoms with Crippen molar-refractivity contribution in [1.29, 1.82) is 0 Å². The van der Waals surface area contributed by atoms with E-state index in [4.69, 9.17) is 16.7 Å². The van der Waals surface area contributed by atoms with Crippen LogP contribution in [-0.4, -0.2) is 53.8 Å². The number of rotatable bonds is 11. The van der Waals surface area contributed by atoms with E-state index in [9.17, 15) is 9.90 Å². The van der Waals surface area contributed by atoms with E-state index < -0.39 is 0 Å². The van der Waals surface area contributed by atoms with E-state index in [2.05, 4.69) is 65.5 Å². The number of aromatic nitrogens is 5. The molecule has 6 aromatic rings. The first-order valence-electron chi connectivity index (χ1n) is 15.0. The van der Waals surface area contributed by atoms with Crippen molar-refractivity contribution in [3.8, 4) is 22.8 Å². The second-order valence-corrected chi connectivity index (χ2v) is 14.9. The number of thioether (sulfide) groups is 2. The summed E-state index contributed by atoms with van der Waals surface area (Å²) in [5.41, 5.74) is 3.96. The lowest BCUT2D eigenvalue weighted by Crippen LogP contribution is -2.29. The fraction of sp³-hybridized carbons (Fsp3) is 0.200. The van der Waals surface area contributed by atoms with Crippen LogP contribution in [0.3, 0.4) is 0 Å². The molecule has 3 aromatic heterocycles. The number of phenols is 1. The summed E-state index contributed by atoms with van der Waals surface area (Å²) in [6.45, 7) is 4.53. The molecule has 246 valence electrons. The number of amides is 2. The number of halogens is 1. The molecule has 0 aliphatic rings. The zero-order valence-corrected chi connectivity index (χ0v) is 30.0. The molecule has 3 N–H and O–H groups in total. The normalized spacial score (nSPS) is 11.6. The van der Waals surface area contributed by atoms with Crippen LogP contribution in [0.5, 0.6) is 5.75 Å². The van der Waals surface area contributed by atoms with Crippen LogP contribution in [0.25, 0.3) is 22.7 Å². The number of benzene rings is 3. The number of urea groups is 1. The summed E-state index contributed by atoms with van der Waals surface area (Å²) in [6.07, 6.45) is 6.16. The molecule has 0 saturated carbocycles. The number of carbonyl (C=O) groups is 1. The summed E-state index contributed by atoms with van der Waals surface area (Å²) >= 11 is 11.2. The van der Waals surface area contributed by atoms with Gasteiger partial charge in [0, 0.05) is 50.2 Å². The van der Waals surface area contributed by atoms with Gasteiger partial charge in [0.2, 0.25) is 0 Å². The summed E-state index contributed by atoms with van der Waals surface area (Å²) in [5, 5.41) is 29.9. The average Bonchev–Trinajstić information content (AvgIpc) is 3.70. The van der Waals surface area contributed by atoms with Crippen LogP contribution in [0.4, 0.5) is 10.6 Å². The van der Waals surface area contributed by atoms with E-state index in [-0.39, 0.29) is 22.2 Å². The van der Waals surface area contributed by atoms with Crippen LogP contribution >= 0.6 is 46.9 Å². The van der Waals surface area contributed by atoms with Gasteiger partial charge in [0.05, 0.1) is 16.4 Å². The fourth-order valence-corrected chi connectivity index (χ4v) is 7.82. The topological polar surface area (TPSA) is 109 Å². The van der Waals surface area contributed by atoms with Crippen LogP contribution in [0.15, 0.2) is 106 Å². The predicted molar refractivity (Wildman–Crippen MR) is 198 cm³/mol. The molecule has 13 heteroatoms. The van der Waals surface area contributed by atoms with Gasteiger partial charge in [0.25, 0.3) is 0 Å². The number of anilines is 1. The third-order valence-corrected chi connectivity index (χ3v) is 10.9. The van der Waals surface area contributed by atoms with Crippen molar-refractivity contribution in [1.82, 2.24) is 29.7 Å². The largest absolute Gasteiger partial charge is 0.506 e. The zero-order valence-electron chi connectivity index (χ0n) is 26.8. The minimum atomic E-state index is -0.377. The molecule has 0 saturated heterocycles. The number of nitrogens with zero attached hydrogens (tertiary/aromatic N) is 5. The molecule has 3 heterocycles. The second kappa shape index (κ2) is 14.6. The number of hydrogen-bond donors (Lipinski definition) is 3. The number of hydrogen-bond acceptors (Lipinski definition) is 8. The van der Waals surface area contributed by atoms with E-state index in [1.165, 1.54) is 6.07 Å². The Labute approximate surface area is 296 Å². The third-order valence-electron chi connectivity index (χ3n) is 7.69. The maximum Gasteiger partial charge on any atom is 0.320 e. The predicted octanol–water partition coefficient (Wildman–Crippen LogP) is 8.78. The molecule has 9 nitrogen and oxygen atoms in total. The van der Waals surface area contributed by atoms with Crippen molar-refractivity contribution in [2.75, 3.05) is 23.6 Å². The SMILES string of the molecule is CSCC(C)(C)c1cc(NC(=O)NCc2ccccc2Sc2ccc3nnc(-c4ccccc4SC)n3c2)n(-c2ccc(O)c(Cl)c2)n1. The van der Waals surface area contributed by atoms with E-state index >= 15 is 0 Å². The number of nitrogens with one attached hydrogen (secondary N) is 2. The minimum Gasteiger partial charge on any atom is -0.506 e. The van der Waals surface area contributed by atoms with Crippen LogP contribution in [-0.2, 0) is 12.0 Å². The molecule has 2 amide bonds. The molecule has 48 heavy (non-hydrogen) atoms. The van der Waals surface area contributed by atoms with E-state index in [1.54, 1.807) is 52.1 Å². The zero-order chi connectivity index (χ0) is 33.8. The van der Waals surface area contributed by atoms with Gasteiger partial charge in [-0.05, 0) is 60.5 Å². The highest BCUT2D eigenvalue weighted by Crippen LogP contribution is 2.34. The molecule has 0 aliphatic heterocycles. The molecule has 6 rings (SSSR count). The minimum absolute atomic E-state index is 0.0257. The number of carbonyl (C=O) groups excluding carboxylic acids is 1. The highest BCUT2D eigenvalue weighted by Gasteiger charge is 2.26. The standard InChI is InChI=1S/C35H34ClN7O2S3/c1-35(2,21-46-3)30-18-32(43(41-30)23-13-15-27(44)26(36)17-23)38-34(45)37-19-22-9-5-7-11-28(22)48-24-14-16-31-39-40-33(42(31)20-24)25-10-6-8-12-29(25)47-4/h5-18,20,44H,19,21H2,1-4H3,(H2,37,38,45). The Hall–Kier alpha value is -4.10. The van der Waals surface area contributed by atoms with Gasteiger partial charge in [0.15, 0.2) is 11.5 Å². The average molecular weight is 716 g/mol. The third kappa shape index (κ3) is 7.31. The van der Waals surface area contributed by atoms with Gasteiger partial charge in [-0.1, -0.05) is 73.6 Å². The summed E-state index contributed by atoms with van der Waals surface area (Å²) in [4.78, 5) is 16.5. The number of pyridine rings is 1. The van der Waals surface area contributed by atoms with Crippen molar-refractivity contribution in [2.45, 2.75) is 40.5 Å². The summed E-state index contributed by atoms with van der Waals surface area (Å²) < 4.78 is 3.66. The molecule has 0 atom stereocenters. The number of fused-ring (bicyclic) bond motifs is 1. The van der Waals surface area contributed by atoms with Crippen molar-refractivity contribution >= 4 is 64.4 Å². The molecular weight excluding hydrogens is 682 g/mol. The summed E-state index contributed by atoms with van der Waals surface area (Å²) in [6, 6.07) is 26.5. The van der Waals surface area contributed by atoms with Crippen molar-refractivity contribution in [3.63, 3.8) is 0 Å². The molecule has 0 spiro atoms. The lowest BCUT2D eigenvalue weighted by molar-refractivity contribution is 0.251. The van der Waals surface area contributed by atoms with Crippen LogP contribution in [0.2, 0.25) is 5.02 Å². The van der Waals surface area contributed by atoms with Crippen LogP contribution in [0, 0.1) is 0 Å². The van der Waals surface area contributed by atoms with Crippen molar-refractivity contribution in [3.05, 3.63) is 107 Å². The maximum atomic E-state index is 13.3. The van der Waals surface area contributed by atoms with Crippen LogP contribution < -0.4 is 10.6 Å². The van der Waals surface area contributed by atoms with Gasteiger partial charge in [0.1, 0.15) is 11.6 Å². The van der Waals surface area contributed by atoms with E-state index in [0.717, 1.165) is 48.7 Å². The maximum absolute atomic E-state index is 13.3. The monoisotopic (exact) mass is 715 g/mol. The summed E-state index contributed by atoms with van der Waals surface area (Å²) in [7, 11) is 0. The van der Waals surface area contributed by atoms with Gasteiger partial charge in [-0.15, -0.1) is 22.0 Å². The van der Waals surface area contributed by atoms with Gasteiger partial charge >= 0.3 is 6.03 Å². The Bertz CT molecular complexity index is 2100. The molecular formula is C35H34ClN7O2S3. The van der Waals surface area contributed by atoms with Crippen LogP contribution in [0.1, 0.15) is 25.1 Å². The smallest absolute Gasteiger partial charge is 0.320 e. The Morgan fingerprint density at radius 2 is 1.73 bits per heavy atom. The van der Waals surface area contributed by atoms with E-state index in [0.29, 0.717) is 18.1 Å². The van der Waals surface area contributed by atoms with Crippen molar-refractivity contribution < 1.29 is 9.90 Å². The number of aromatic hydroxyl groups is 1. The highest BCUT2D eigenvalue weighted by atomic mass is 35.5. The van der Waals surface area contributed by atoms with Gasteiger partial charge < -0.3 is 10.4 Å². The first-order chi connectivity index (χ1) is 23.2. The lowest BCUT2D eigenvalue weighted by Gasteiger charge is -2.20. The molecule has 0 fully saturated rings. The number of phenolic OH excluding ortho intramolecular Hbond substituents is 1. The quantitative estimate of drug-likeness (QED) is 0.114. The molecule has 3 aromatic carbocycles. The lowest BCUT2D eigenvalue weighted by atomic mass is 9.92. The molecule has 0 bridgehead atoms. The fourth-order valence-electron chi connectivity index (χ4n) is 5.22. The van der Waals surface area contributed by atoms with Gasteiger partial charge in [-0.2, -0.15) is 16.9 Å². The Balaban J connectivity index is 1.21. The first kappa shape index (κ1) is 33.8. The Kier molecular flexibility index (Phi) is 10.3. The van der Waals surface area contributed by atoms with E-state index in [1.807, 2.05) is 59.0 Å². The Morgan fingerprint density at radius 1 is 0.958 bits per heavy atom. The molecule has 0 radical (unpaired) electrons.